The number of aromatic nitrogens is 1. The number of alkyl carbamates (subject to hydrolysis) is 1. The zero-order chi connectivity index (χ0) is 23.4. The average molecular weight is 465 g/mol. The fourth-order valence-corrected chi connectivity index (χ4v) is 5.00. The van der Waals surface area contributed by atoms with Crippen LogP contribution in [0.15, 0.2) is 53.9 Å². The molecule has 6 nitrogen and oxygen atoms in total. The molecular formula is C26H28N2O4S. The second-order valence-electron chi connectivity index (χ2n) is 8.45. The van der Waals surface area contributed by atoms with Crippen molar-refractivity contribution in [1.82, 2.24) is 10.3 Å². The molecule has 2 aromatic carbocycles. The largest absolute Gasteiger partial charge is 0.461 e. The third kappa shape index (κ3) is 5.09. The topological polar surface area (TPSA) is 77.5 Å². The van der Waals surface area contributed by atoms with Gasteiger partial charge in [0.1, 0.15) is 6.61 Å². The lowest BCUT2D eigenvalue weighted by atomic mass is 9.98. The number of hydrogen-bond acceptors (Lipinski definition) is 6. The summed E-state index contributed by atoms with van der Waals surface area (Å²) in [5, 5.41) is 5.03. The Labute approximate surface area is 198 Å². The van der Waals surface area contributed by atoms with Crippen molar-refractivity contribution < 1.29 is 19.1 Å². The van der Waals surface area contributed by atoms with Crippen LogP contribution in [0.25, 0.3) is 11.1 Å². The Hall–Kier alpha value is -3.19. The van der Waals surface area contributed by atoms with E-state index < -0.39 is 12.1 Å². The van der Waals surface area contributed by atoms with E-state index in [2.05, 4.69) is 48.4 Å². The molecule has 1 amide bonds. The number of ether oxygens (including phenoxy) is 2. The minimum Gasteiger partial charge on any atom is -0.461 e. The maximum absolute atomic E-state index is 12.8. The fourth-order valence-electron chi connectivity index (χ4n) is 4.24. The summed E-state index contributed by atoms with van der Waals surface area (Å²) in [6, 6.07) is 16.1. The van der Waals surface area contributed by atoms with E-state index in [9.17, 15) is 9.59 Å². The highest BCUT2D eigenvalue weighted by atomic mass is 32.1. The molecule has 1 atom stereocenters. The van der Waals surface area contributed by atoms with E-state index >= 15 is 0 Å². The summed E-state index contributed by atoms with van der Waals surface area (Å²) >= 11 is 1.22. The molecule has 3 aromatic rings. The van der Waals surface area contributed by atoms with E-state index in [0.717, 1.165) is 0 Å². The number of hydrogen-bond donors (Lipinski definition) is 1. The monoisotopic (exact) mass is 464 g/mol. The van der Waals surface area contributed by atoms with Gasteiger partial charge in [0, 0.05) is 11.3 Å². The molecule has 0 aliphatic heterocycles. The SMILES string of the molecule is CCOC(=O)c1nc(C(CC(C)C)NC(=O)OCC2c3ccccc3-c3ccccc32)cs1. The van der Waals surface area contributed by atoms with Crippen molar-refractivity contribution in [3.8, 4) is 11.1 Å². The first-order chi connectivity index (χ1) is 16.0. The number of carbonyl (C=O) groups excluding carboxylic acids is 2. The predicted octanol–water partition coefficient (Wildman–Crippen LogP) is 5.95. The van der Waals surface area contributed by atoms with Crippen LogP contribution in [0.5, 0.6) is 0 Å². The van der Waals surface area contributed by atoms with Gasteiger partial charge in [-0.15, -0.1) is 11.3 Å². The normalized spacial score (nSPS) is 13.3. The minimum atomic E-state index is -0.492. The van der Waals surface area contributed by atoms with E-state index in [1.165, 1.54) is 33.6 Å². The first-order valence-corrected chi connectivity index (χ1v) is 12.1. The Morgan fingerprint density at radius 1 is 1.03 bits per heavy atom. The summed E-state index contributed by atoms with van der Waals surface area (Å²) in [6.07, 6.45) is 0.184. The van der Waals surface area contributed by atoms with Crippen LogP contribution in [0.3, 0.4) is 0 Å². The Morgan fingerprint density at radius 3 is 2.27 bits per heavy atom. The zero-order valence-electron chi connectivity index (χ0n) is 19.0. The van der Waals surface area contributed by atoms with Crippen molar-refractivity contribution in [2.75, 3.05) is 13.2 Å². The quantitative estimate of drug-likeness (QED) is 0.417. The van der Waals surface area contributed by atoms with Crippen molar-refractivity contribution >= 4 is 23.4 Å². The zero-order valence-corrected chi connectivity index (χ0v) is 19.9. The van der Waals surface area contributed by atoms with Gasteiger partial charge in [-0.3, -0.25) is 0 Å². The number of nitrogens with zero attached hydrogens (tertiary/aromatic N) is 1. The van der Waals surface area contributed by atoms with Crippen LogP contribution in [0.4, 0.5) is 4.79 Å². The van der Waals surface area contributed by atoms with Gasteiger partial charge >= 0.3 is 12.1 Å². The van der Waals surface area contributed by atoms with Crippen molar-refractivity contribution in [3.63, 3.8) is 0 Å². The van der Waals surface area contributed by atoms with E-state index in [0.29, 0.717) is 24.6 Å². The molecule has 172 valence electrons. The smallest absolute Gasteiger partial charge is 0.407 e. The Kier molecular flexibility index (Phi) is 7.08. The maximum Gasteiger partial charge on any atom is 0.407 e. The lowest BCUT2D eigenvalue weighted by Gasteiger charge is -2.20. The van der Waals surface area contributed by atoms with Crippen molar-refractivity contribution in [1.29, 1.82) is 0 Å². The minimum absolute atomic E-state index is 0.00129. The average Bonchev–Trinajstić information content (AvgIpc) is 3.41. The summed E-state index contributed by atoms with van der Waals surface area (Å²) in [5.74, 6) is -0.129. The van der Waals surface area contributed by atoms with E-state index in [1.54, 1.807) is 12.3 Å². The van der Waals surface area contributed by atoms with Crippen LogP contribution in [0.2, 0.25) is 0 Å². The summed E-state index contributed by atoms with van der Waals surface area (Å²) in [7, 11) is 0. The van der Waals surface area contributed by atoms with Gasteiger partial charge in [-0.2, -0.15) is 0 Å². The van der Waals surface area contributed by atoms with E-state index in [1.807, 2.05) is 24.3 Å². The first kappa shape index (κ1) is 23.0. The van der Waals surface area contributed by atoms with Gasteiger partial charge in [0.15, 0.2) is 0 Å². The maximum atomic E-state index is 12.8. The highest BCUT2D eigenvalue weighted by Crippen LogP contribution is 2.44. The Balaban J connectivity index is 1.45. The highest BCUT2D eigenvalue weighted by Gasteiger charge is 2.29. The van der Waals surface area contributed by atoms with Crippen LogP contribution in [0, 0.1) is 5.92 Å². The summed E-state index contributed by atoms with van der Waals surface area (Å²) in [4.78, 5) is 29.2. The molecule has 1 N–H and O–H groups in total. The molecule has 1 unspecified atom stereocenters. The standard InChI is InChI=1S/C26H28N2O4S/c1-4-31-25(29)24-27-23(15-33-24)22(13-16(2)3)28-26(30)32-14-21-19-11-7-5-9-17(19)18-10-6-8-12-20(18)21/h5-12,15-16,21-22H,4,13-14H2,1-3H3,(H,28,30). The molecule has 1 aliphatic carbocycles. The summed E-state index contributed by atoms with van der Waals surface area (Å²) in [6.45, 7) is 6.45. The number of carbonyl (C=O) groups is 2. The number of amides is 1. The molecule has 33 heavy (non-hydrogen) atoms. The molecule has 1 heterocycles. The highest BCUT2D eigenvalue weighted by molar-refractivity contribution is 7.11. The molecule has 0 saturated carbocycles. The number of thiazole rings is 1. The molecule has 0 spiro atoms. The number of fused-ring (bicyclic) bond motifs is 3. The van der Waals surface area contributed by atoms with Crippen LogP contribution >= 0.6 is 11.3 Å². The number of esters is 1. The molecule has 0 radical (unpaired) electrons. The second kappa shape index (κ2) is 10.2. The number of rotatable bonds is 8. The molecule has 0 saturated heterocycles. The van der Waals surface area contributed by atoms with Gasteiger partial charge in [-0.05, 0) is 41.5 Å². The van der Waals surface area contributed by atoms with E-state index in [4.69, 9.17) is 9.47 Å². The third-order valence-corrected chi connectivity index (χ3v) is 6.51. The molecule has 0 bridgehead atoms. The van der Waals surface area contributed by atoms with Crippen LogP contribution in [0.1, 0.15) is 65.8 Å². The van der Waals surface area contributed by atoms with Crippen LogP contribution < -0.4 is 5.32 Å². The van der Waals surface area contributed by atoms with Gasteiger partial charge in [0.2, 0.25) is 5.01 Å². The lowest BCUT2D eigenvalue weighted by Crippen LogP contribution is -2.31. The number of nitrogens with one attached hydrogen (secondary N) is 1. The van der Waals surface area contributed by atoms with Gasteiger partial charge in [-0.1, -0.05) is 62.4 Å². The number of benzene rings is 2. The molecule has 1 aliphatic rings. The van der Waals surface area contributed by atoms with Crippen LogP contribution in [-0.4, -0.2) is 30.3 Å². The van der Waals surface area contributed by atoms with Gasteiger partial charge < -0.3 is 14.8 Å². The molecule has 1 aromatic heterocycles. The van der Waals surface area contributed by atoms with Gasteiger partial charge in [-0.25, -0.2) is 14.6 Å². The lowest BCUT2D eigenvalue weighted by molar-refractivity contribution is 0.0525. The Morgan fingerprint density at radius 2 is 1.67 bits per heavy atom. The summed E-state index contributed by atoms with van der Waals surface area (Å²) in [5.41, 5.74) is 5.36. The predicted molar refractivity (Wildman–Crippen MR) is 128 cm³/mol. The first-order valence-electron chi connectivity index (χ1n) is 11.2. The fraction of sp³-hybridized carbons (Fsp3) is 0.346. The third-order valence-electron chi connectivity index (χ3n) is 5.67. The molecular weight excluding hydrogens is 436 g/mol. The van der Waals surface area contributed by atoms with Crippen LogP contribution in [-0.2, 0) is 9.47 Å². The van der Waals surface area contributed by atoms with Crippen molar-refractivity contribution in [2.45, 2.75) is 39.2 Å². The summed E-state index contributed by atoms with van der Waals surface area (Å²) < 4.78 is 10.7. The van der Waals surface area contributed by atoms with Gasteiger partial charge in [0.05, 0.1) is 18.3 Å². The molecule has 4 rings (SSSR count). The second-order valence-corrected chi connectivity index (χ2v) is 9.31. The van der Waals surface area contributed by atoms with Crippen molar-refractivity contribution in [2.24, 2.45) is 5.92 Å². The van der Waals surface area contributed by atoms with Crippen molar-refractivity contribution in [3.05, 3.63) is 75.7 Å². The molecule has 7 heteroatoms. The Bertz CT molecular complexity index is 1100. The van der Waals surface area contributed by atoms with E-state index in [-0.39, 0.29) is 23.6 Å². The molecule has 0 fully saturated rings. The van der Waals surface area contributed by atoms with Gasteiger partial charge in [0.25, 0.3) is 0 Å².